The molecule has 0 spiro atoms. The zero-order valence-electron chi connectivity index (χ0n) is 12.3. The molecule has 0 radical (unpaired) electrons. The van der Waals surface area contributed by atoms with Crippen molar-refractivity contribution in [1.82, 2.24) is 10.2 Å². The Labute approximate surface area is 131 Å². The third kappa shape index (κ3) is 2.27. The van der Waals surface area contributed by atoms with Crippen LogP contribution in [-0.4, -0.2) is 41.1 Å². The normalized spacial score (nSPS) is 20.7. The molecule has 1 unspecified atom stereocenters. The van der Waals surface area contributed by atoms with Crippen LogP contribution in [0.15, 0.2) is 12.1 Å². The largest absolute Gasteiger partial charge is 0.398 e. The molecule has 8 heteroatoms. The molecule has 0 bridgehead atoms. The Morgan fingerprint density at radius 1 is 1.17 bits per heavy atom. The van der Waals surface area contributed by atoms with Crippen molar-refractivity contribution in [2.24, 2.45) is 5.73 Å². The number of hydrogen-bond donors (Lipinski definition) is 3. The summed E-state index contributed by atoms with van der Waals surface area (Å²) < 4.78 is 0. The van der Waals surface area contributed by atoms with Crippen molar-refractivity contribution in [3.8, 4) is 0 Å². The molecule has 4 amide bonds. The predicted molar refractivity (Wildman–Crippen MR) is 80.3 cm³/mol. The molecule has 0 aliphatic carbocycles. The molecule has 1 fully saturated rings. The second-order valence-electron chi connectivity index (χ2n) is 5.54. The van der Waals surface area contributed by atoms with Gasteiger partial charge in [-0.25, -0.2) is 0 Å². The fourth-order valence-electron chi connectivity index (χ4n) is 3.05. The van der Waals surface area contributed by atoms with Gasteiger partial charge in [0.05, 0.1) is 11.1 Å². The van der Waals surface area contributed by atoms with Crippen LogP contribution < -0.4 is 16.8 Å². The monoisotopic (exact) mass is 316 g/mol. The van der Waals surface area contributed by atoms with Crippen LogP contribution in [0.3, 0.4) is 0 Å². The van der Waals surface area contributed by atoms with E-state index in [9.17, 15) is 19.2 Å². The molecule has 0 saturated carbocycles. The summed E-state index contributed by atoms with van der Waals surface area (Å²) in [5.74, 6) is -2.15. The number of nitrogen functional groups attached to an aromatic ring is 1. The highest BCUT2D eigenvalue weighted by atomic mass is 16.2. The standard InChI is InChI=1S/C15H16N4O4/c16-6-5-7-9(17)2-1-8-12(7)15(23)19(14(8)22)10-3-4-11(20)18-13(10)21/h1-2,10H,3-6,16-17H2,(H,18,20,21). The lowest BCUT2D eigenvalue weighted by Crippen LogP contribution is -2.54. The van der Waals surface area contributed by atoms with Gasteiger partial charge in [0.25, 0.3) is 11.8 Å². The van der Waals surface area contributed by atoms with E-state index in [2.05, 4.69) is 5.32 Å². The average Bonchev–Trinajstić information content (AvgIpc) is 2.75. The maximum absolute atomic E-state index is 12.7. The predicted octanol–water partition coefficient (Wildman–Crippen LogP) is -0.829. The van der Waals surface area contributed by atoms with E-state index in [1.807, 2.05) is 0 Å². The maximum Gasteiger partial charge on any atom is 0.262 e. The summed E-state index contributed by atoms with van der Waals surface area (Å²) in [7, 11) is 0. The van der Waals surface area contributed by atoms with Crippen LogP contribution in [0.25, 0.3) is 0 Å². The van der Waals surface area contributed by atoms with Gasteiger partial charge in [-0.1, -0.05) is 0 Å². The zero-order chi connectivity index (χ0) is 16.7. The first-order chi connectivity index (χ1) is 11.0. The summed E-state index contributed by atoms with van der Waals surface area (Å²) in [4.78, 5) is 49.5. The molecular formula is C15H16N4O4. The number of nitrogens with zero attached hydrogens (tertiary/aromatic N) is 1. The Hall–Kier alpha value is -2.74. The van der Waals surface area contributed by atoms with Gasteiger partial charge in [-0.05, 0) is 37.1 Å². The van der Waals surface area contributed by atoms with Crippen LogP contribution >= 0.6 is 0 Å². The van der Waals surface area contributed by atoms with E-state index in [1.54, 1.807) is 6.07 Å². The molecule has 2 aliphatic heterocycles. The number of anilines is 1. The van der Waals surface area contributed by atoms with E-state index in [-0.39, 0.29) is 30.5 Å². The van der Waals surface area contributed by atoms with Crippen LogP contribution in [0.5, 0.6) is 0 Å². The van der Waals surface area contributed by atoms with Crippen molar-refractivity contribution in [2.75, 3.05) is 12.3 Å². The minimum Gasteiger partial charge on any atom is -0.398 e. The third-order valence-corrected chi connectivity index (χ3v) is 4.15. The summed E-state index contributed by atoms with van der Waals surface area (Å²) in [6, 6.07) is 2.06. The lowest BCUT2D eigenvalue weighted by Gasteiger charge is -2.27. The number of carbonyl (C=O) groups is 4. The summed E-state index contributed by atoms with van der Waals surface area (Å²) in [5.41, 5.74) is 12.8. The second-order valence-corrected chi connectivity index (χ2v) is 5.54. The van der Waals surface area contributed by atoms with Crippen molar-refractivity contribution in [3.05, 3.63) is 28.8 Å². The Balaban J connectivity index is 2.02. The molecule has 1 atom stereocenters. The van der Waals surface area contributed by atoms with Gasteiger partial charge in [-0.2, -0.15) is 0 Å². The SMILES string of the molecule is NCCc1c(N)ccc2c1C(=O)N(C1CCC(=O)NC1=O)C2=O. The molecule has 2 heterocycles. The number of fused-ring (bicyclic) bond motifs is 1. The lowest BCUT2D eigenvalue weighted by atomic mass is 9.98. The van der Waals surface area contributed by atoms with Crippen molar-refractivity contribution in [3.63, 3.8) is 0 Å². The minimum atomic E-state index is -0.980. The summed E-state index contributed by atoms with van der Waals surface area (Å²) >= 11 is 0. The summed E-state index contributed by atoms with van der Waals surface area (Å²) in [6.07, 6.45) is 0.566. The van der Waals surface area contributed by atoms with E-state index in [0.29, 0.717) is 17.7 Å². The topological polar surface area (TPSA) is 136 Å². The molecule has 1 aromatic rings. The smallest absolute Gasteiger partial charge is 0.262 e. The van der Waals surface area contributed by atoms with Crippen molar-refractivity contribution < 1.29 is 19.2 Å². The van der Waals surface area contributed by atoms with Gasteiger partial charge in [0, 0.05) is 12.1 Å². The maximum atomic E-state index is 12.7. The molecular weight excluding hydrogens is 300 g/mol. The van der Waals surface area contributed by atoms with E-state index in [4.69, 9.17) is 11.5 Å². The fraction of sp³-hybridized carbons (Fsp3) is 0.333. The molecule has 2 aliphatic rings. The average molecular weight is 316 g/mol. The molecule has 1 saturated heterocycles. The first-order valence-corrected chi connectivity index (χ1v) is 7.28. The van der Waals surface area contributed by atoms with Gasteiger partial charge in [0.1, 0.15) is 6.04 Å². The van der Waals surface area contributed by atoms with Crippen LogP contribution in [-0.2, 0) is 16.0 Å². The van der Waals surface area contributed by atoms with E-state index in [1.165, 1.54) is 6.07 Å². The molecule has 0 aromatic heterocycles. The number of rotatable bonds is 3. The van der Waals surface area contributed by atoms with Gasteiger partial charge >= 0.3 is 0 Å². The Morgan fingerprint density at radius 3 is 2.57 bits per heavy atom. The van der Waals surface area contributed by atoms with Crippen LogP contribution in [0.2, 0.25) is 0 Å². The van der Waals surface area contributed by atoms with Crippen LogP contribution in [0.4, 0.5) is 5.69 Å². The Kier molecular flexibility index (Phi) is 3.61. The van der Waals surface area contributed by atoms with Crippen LogP contribution in [0.1, 0.15) is 39.1 Å². The van der Waals surface area contributed by atoms with Crippen molar-refractivity contribution >= 4 is 29.3 Å². The number of nitrogens with two attached hydrogens (primary N) is 2. The van der Waals surface area contributed by atoms with Gasteiger partial charge in [-0.3, -0.25) is 29.4 Å². The highest BCUT2D eigenvalue weighted by Crippen LogP contribution is 2.32. The van der Waals surface area contributed by atoms with E-state index >= 15 is 0 Å². The first-order valence-electron chi connectivity index (χ1n) is 7.28. The number of carbonyl (C=O) groups excluding carboxylic acids is 4. The van der Waals surface area contributed by atoms with Gasteiger partial charge < -0.3 is 11.5 Å². The van der Waals surface area contributed by atoms with E-state index < -0.39 is 29.7 Å². The van der Waals surface area contributed by atoms with Crippen molar-refractivity contribution in [2.45, 2.75) is 25.3 Å². The fourth-order valence-corrected chi connectivity index (χ4v) is 3.05. The third-order valence-electron chi connectivity index (χ3n) is 4.15. The lowest BCUT2D eigenvalue weighted by molar-refractivity contribution is -0.136. The van der Waals surface area contributed by atoms with Crippen molar-refractivity contribution in [1.29, 1.82) is 0 Å². The number of nitrogens with one attached hydrogen (secondary N) is 1. The highest BCUT2D eigenvalue weighted by molar-refractivity contribution is 6.24. The number of benzene rings is 1. The first kappa shape index (κ1) is 15.2. The minimum absolute atomic E-state index is 0.0849. The molecule has 5 N–H and O–H groups in total. The Bertz CT molecular complexity index is 743. The Morgan fingerprint density at radius 2 is 1.91 bits per heavy atom. The zero-order valence-corrected chi connectivity index (χ0v) is 12.3. The molecule has 120 valence electrons. The summed E-state index contributed by atoms with van der Waals surface area (Å²) in [5, 5.41) is 2.16. The summed E-state index contributed by atoms with van der Waals surface area (Å²) in [6.45, 7) is 0.278. The molecule has 23 heavy (non-hydrogen) atoms. The number of imide groups is 2. The molecule has 8 nitrogen and oxygen atoms in total. The quantitative estimate of drug-likeness (QED) is 0.492. The van der Waals surface area contributed by atoms with Gasteiger partial charge in [0.2, 0.25) is 11.8 Å². The van der Waals surface area contributed by atoms with E-state index in [0.717, 1.165) is 4.90 Å². The van der Waals surface area contributed by atoms with Gasteiger partial charge in [0.15, 0.2) is 0 Å². The number of piperidine rings is 1. The second kappa shape index (κ2) is 5.47. The van der Waals surface area contributed by atoms with Crippen LogP contribution in [0, 0.1) is 0 Å². The van der Waals surface area contributed by atoms with Gasteiger partial charge in [-0.15, -0.1) is 0 Å². The molecule has 3 rings (SSSR count). The number of amides is 4. The molecule has 1 aromatic carbocycles. The highest BCUT2D eigenvalue weighted by Gasteiger charge is 2.45. The number of hydrogen-bond acceptors (Lipinski definition) is 6.